The Bertz CT molecular complexity index is 908. The molecule has 1 fully saturated rings. The van der Waals surface area contributed by atoms with Gasteiger partial charge in [-0.2, -0.15) is 14.5 Å². The van der Waals surface area contributed by atoms with E-state index in [-0.39, 0.29) is 29.4 Å². The van der Waals surface area contributed by atoms with E-state index in [2.05, 4.69) is 20.5 Å². The number of carbonyl (C=O) groups is 1. The van der Waals surface area contributed by atoms with Crippen LogP contribution < -0.4 is 14.9 Å². The average molecular weight is 438 g/mol. The molecule has 160 valence electrons. The fourth-order valence-electron chi connectivity index (χ4n) is 2.64. The summed E-state index contributed by atoms with van der Waals surface area (Å²) in [5.41, 5.74) is 3.14. The normalized spacial score (nSPS) is 14.6. The van der Waals surface area contributed by atoms with E-state index in [0.717, 1.165) is 6.20 Å². The van der Waals surface area contributed by atoms with Crippen LogP contribution in [0, 0.1) is 5.82 Å². The molecule has 0 bridgehead atoms. The molecule has 1 aliphatic heterocycles. The predicted octanol–water partition coefficient (Wildman–Crippen LogP) is 2.24. The molecule has 0 spiro atoms. The van der Waals surface area contributed by atoms with Crippen LogP contribution in [0.1, 0.15) is 12.5 Å². The highest BCUT2D eigenvalue weighted by molar-refractivity contribution is 6.28. The minimum absolute atomic E-state index is 0.138. The number of halogens is 2. The summed E-state index contributed by atoms with van der Waals surface area (Å²) in [6, 6.07) is 4.91. The first-order valence-electron chi connectivity index (χ1n) is 9.30. The van der Waals surface area contributed by atoms with Gasteiger partial charge < -0.3 is 14.2 Å². The molecule has 1 aliphatic rings. The zero-order valence-corrected chi connectivity index (χ0v) is 17.1. The van der Waals surface area contributed by atoms with Crippen molar-refractivity contribution in [1.82, 2.24) is 20.3 Å². The zero-order valence-electron chi connectivity index (χ0n) is 16.3. The molecule has 0 saturated carbocycles. The number of amides is 1. The summed E-state index contributed by atoms with van der Waals surface area (Å²) in [6.07, 6.45) is 2.40. The number of benzene rings is 1. The summed E-state index contributed by atoms with van der Waals surface area (Å²) >= 11 is 5.69. The smallest absolute Gasteiger partial charge is 0.260 e. The molecule has 11 heteroatoms. The molecule has 0 unspecified atom stereocenters. The van der Waals surface area contributed by atoms with Crippen molar-refractivity contribution in [1.29, 1.82) is 0 Å². The second-order valence-electron chi connectivity index (χ2n) is 6.22. The number of hydrogen-bond donors (Lipinski definition) is 1. The van der Waals surface area contributed by atoms with Gasteiger partial charge in [-0.15, -0.1) is 0 Å². The minimum Gasteiger partial charge on any atom is -0.490 e. The Morgan fingerprint density at radius 1 is 1.40 bits per heavy atom. The number of ether oxygens (including phenoxy) is 3. The molecular weight excluding hydrogens is 417 g/mol. The van der Waals surface area contributed by atoms with E-state index in [0.29, 0.717) is 44.2 Å². The summed E-state index contributed by atoms with van der Waals surface area (Å²) in [7, 11) is 0. The lowest BCUT2D eigenvalue weighted by atomic mass is 10.2. The zero-order chi connectivity index (χ0) is 21.3. The largest absolute Gasteiger partial charge is 0.490 e. The predicted molar refractivity (Wildman–Crippen MR) is 108 cm³/mol. The van der Waals surface area contributed by atoms with Crippen LogP contribution in [0.4, 0.5) is 4.39 Å². The Morgan fingerprint density at radius 2 is 2.20 bits per heavy atom. The fourth-order valence-corrected chi connectivity index (χ4v) is 2.77. The molecule has 3 rings (SSSR count). The molecule has 2 aromatic rings. The lowest BCUT2D eigenvalue weighted by Gasteiger charge is -2.25. The van der Waals surface area contributed by atoms with Gasteiger partial charge in [0.1, 0.15) is 0 Å². The Hall–Kier alpha value is -2.82. The van der Waals surface area contributed by atoms with Crippen LogP contribution in [0.5, 0.6) is 17.4 Å². The quantitative estimate of drug-likeness (QED) is 0.384. The van der Waals surface area contributed by atoms with E-state index < -0.39 is 5.82 Å². The molecule has 30 heavy (non-hydrogen) atoms. The van der Waals surface area contributed by atoms with Crippen molar-refractivity contribution in [3.63, 3.8) is 0 Å². The number of rotatable bonds is 8. The van der Waals surface area contributed by atoms with Crippen molar-refractivity contribution in [2.45, 2.75) is 6.92 Å². The van der Waals surface area contributed by atoms with Crippen LogP contribution in [0.25, 0.3) is 0 Å². The Kier molecular flexibility index (Phi) is 7.89. The van der Waals surface area contributed by atoms with E-state index in [1.54, 1.807) is 25.1 Å². The van der Waals surface area contributed by atoms with Crippen LogP contribution in [0.3, 0.4) is 0 Å². The highest BCUT2D eigenvalue weighted by Crippen LogP contribution is 2.32. The summed E-state index contributed by atoms with van der Waals surface area (Å²) in [6.45, 7) is 5.10. The third-order valence-electron chi connectivity index (χ3n) is 4.03. The summed E-state index contributed by atoms with van der Waals surface area (Å²) < 4.78 is 30.1. The summed E-state index contributed by atoms with van der Waals surface area (Å²) in [5.74, 6) is -0.674. The third-order valence-corrected chi connectivity index (χ3v) is 4.21. The highest BCUT2D eigenvalue weighted by Gasteiger charge is 2.14. The van der Waals surface area contributed by atoms with Crippen molar-refractivity contribution in [2.24, 2.45) is 5.10 Å². The van der Waals surface area contributed by atoms with Gasteiger partial charge in [0.15, 0.2) is 11.5 Å². The maximum Gasteiger partial charge on any atom is 0.260 e. The standard InChI is InChI=1S/C19H21ClFN5O4/c1-2-29-16-9-13(10-23-25-17(27)12-26-5-7-28-8-6-26)3-4-15(16)30-18-14(21)11-22-19(20)24-18/h3-4,9-11H,2,5-8,12H2,1H3,(H,25,27)/b23-10-. The minimum atomic E-state index is -0.754. The van der Waals surface area contributed by atoms with Crippen LogP contribution in [0.15, 0.2) is 29.5 Å². The number of carbonyl (C=O) groups excluding carboxylic acids is 1. The number of morpholine rings is 1. The van der Waals surface area contributed by atoms with E-state index in [4.69, 9.17) is 25.8 Å². The van der Waals surface area contributed by atoms with Gasteiger partial charge in [0.2, 0.25) is 11.1 Å². The van der Waals surface area contributed by atoms with Crippen LogP contribution in [0.2, 0.25) is 5.28 Å². The fraction of sp³-hybridized carbons (Fsp3) is 0.368. The number of hydrazone groups is 1. The molecule has 0 radical (unpaired) electrons. The summed E-state index contributed by atoms with van der Waals surface area (Å²) in [4.78, 5) is 21.2. The van der Waals surface area contributed by atoms with Crippen molar-refractivity contribution < 1.29 is 23.4 Å². The highest BCUT2D eigenvalue weighted by atomic mass is 35.5. The number of hydrogen-bond acceptors (Lipinski definition) is 8. The van der Waals surface area contributed by atoms with Crippen LogP contribution in [-0.2, 0) is 9.53 Å². The maximum atomic E-state index is 13.8. The molecule has 1 aromatic carbocycles. The van der Waals surface area contributed by atoms with Crippen molar-refractivity contribution in [3.8, 4) is 17.4 Å². The first kappa shape index (κ1) is 21.9. The molecule has 2 heterocycles. The molecule has 9 nitrogen and oxygen atoms in total. The van der Waals surface area contributed by atoms with Gasteiger partial charge in [0.05, 0.1) is 38.8 Å². The first-order valence-corrected chi connectivity index (χ1v) is 9.67. The van der Waals surface area contributed by atoms with E-state index in [1.165, 1.54) is 6.21 Å². The number of aromatic nitrogens is 2. The third kappa shape index (κ3) is 6.34. The van der Waals surface area contributed by atoms with Crippen LogP contribution in [-0.4, -0.2) is 66.4 Å². The first-order chi connectivity index (χ1) is 14.5. The second kappa shape index (κ2) is 10.8. The molecule has 0 aliphatic carbocycles. The number of nitrogens with zero attached hydrogens (tertiary/aromatic N) is 4. The average Bonchev–Trinajstić information content (AvgIpc) is 2.73. The lowest BCUT2D eigenvalue weighted by molar-refractivity contribution is -0.123. The van der Waals surface area contributed by atoms with Gasteiger partial charge in [0.25, 0.3) is 11.8 Å². The monoisotopic (exact) mass is 437 g/mol. The van der Waals surface area contributed by atoms with Gasteiger partial charge in [-0.1, -0.05) is 0 Å². The molecule has 1 amide bonds. The molecule has 1 N–H and O–H groups in total. The summed E-state index contributed by atoms with van der Waals surface area (Å²) in [5, 5.41) is 3.83. The molecule has 0 atom stereocenters. The van der Waals surface area contributed by atoms with Crippen LogP contribution >= 0.6 is 11.6 Å². The second-order valence-corrected chi connectivity index (χ2v) is 6.55. The van der Waals surface area contributed by atoms with Crippen molar-refractivity contribution in [2.75, 3.05) is 39.5 Å². The number of nitrogens with one attached hydrogen (secondary N) is 1. The Morgan fingerprint density at radius 3 is 2.97 bits per heavy atom. The van der Waals surface area contributed by atoms with Gasteiger partial charge in [-0.05, 0) is 42.3 Å². The van der Waals surface area contributed by atoms with Crippen molar-refractivity contribution >= 4 is 23.7 Å². The van der Waals surface area contributed by atoms with Gasteiger partial charge in [0, 0.05) is 13.1 Å². The van der Waals surface area contributed by atoms with E-state index >= 15 is 0 Å². The van der Waals surface area contributed by atoms with Gasteiger partial charge >= 0.3 is 0 Å². The SMILES string of the molecule is CCOc1cc(/C=N\NC(=O)CN2CCOCC2)ccc1Oc1nc(Cl)ncc1F. The molecule has 1 aromatic heterocycles. The van der Waals surface area contributed by atoms with Gasteiger partial charge in [-0.25, -0.2) is 10.4 Å². The van der Waals surface area contributed by atoms with Crippen molar-refractivity contribution in [3.05, 3.63) is 41.1 Å². The molecule has 1 saturated heterocycles. The maximum absolute atomic E-state index is 13.8. The Balaban J connectivity index is 1.64. The van der Waals surface area contributed by atoms with E-state index in [1.807, 2.05) is 4.90 Å². The van der Waals surface area contributed by atoms with Gasteiger partial charge in [-0.3, -0.25) is 9.69 Å². The lowest BCUT2D eigenvalue weighted by Crippen LogP contribution is -2.42. The molecular formula is C19H21ClFN5O4. The topological polar surface area (TPSA) is 98.2 Å². The Labute approximate surface area is 177 Å². The van der Waals surface area contributed by atoms with E-state index in [9.17, 15) is 9.18 Å².